The molecule has 0 bridgehead atoms. The van der Waals surface area contributed by atoms with Gasteiger partial charge in [-0.05, 0) is 38.0 Å². The van der Waals surface area contributed by atoms with Gasteiger partial charge in [-0.1, -0.05) is 12.1 Å². The van der Waals surface area contributed by atoms with Crippen molar-refractivity contribution in [2.24, 2.45) is 5.73 Å². The molecule has 0 aromatic heterocycles. The maximum Gasteiger partial charge on any atom is 0.328 e. The Balaban J connectivity index is 2.25. The van der Waals surface area contributed by atoms with Crippen LogP contribution in [0.2, 0.25) is 0 Å². The number of ether oxygens (including phenoxy) is 1. The molecular formula is C14H18NO4S. The molecule has 0 amide bonds. The molecule has 20 heavy (non-hydrogen) atoms. The fourth-order valence-electron chi connectivity index (χ4n) is 1.99. The van der Waals surface area contributed by atoms with Crippen molar-refractivity contribution in [3.05, 3.63) is 35.7 Å². The third-order valence-electron chi connectivity index (χ3n) is 2.91. The minimum Gasteiger partial charge on any atom is -0.459 e. The molecular weight excluding hydrogens is 278 g/mol. The molecule has 0 saturated heterocycles. The average Bonchev–Trinajstić information content (AvgIpc) is 2.62. The summed E-state index contributed by atoms with van der Waals surface area (Å²) in [6, 6.07) is 3.77. The lowest BCUT2D eigenvalue weighted by molar-refractivity contribution is -0.156. The summed E-state index contributed by atoms with van der Waals surface area (Å²) in [7, 11) is -3.21. The number of rotatable bonds is 2. The molecule has 1 aliphatic heterocycles. The van der Waals surface area contributed by atoms with Crippen LogP contribution >= 0.6 is 0 Å². The lowest BCUT2D eigenvalue weighted by Crippen LogP contribution is -2.31. The molecule has 1 unspecified atom stereocenters. The normalized spacial score (nSPS) is 18.4. The molecule has 109 valence electrons. The Kier molecular flexibility index (Phi) is 3.64. The molecule has 5 nitrogen and oxygen atoms in total. The van der Waals surface area contributed by atoms with Crippen LogP contribution in [0.4, 0.5) is 0 Å². The smallest absolute Gasteiger partial charge is 0.328 e. The van der Waals surface area contributed by atoms with Crippen LogP contribution in [0.1, 0.15) is 37.9 Å². The lowest BCUT2D eigenvalue weighted by atomic mass is 10.0. The monoisotopic (exact) mass is 296 g/mol. The second-order valence-corrected chi connectivity index (χ2v) is 7.80. The number of sulfone groups is 1. The molecule has 2 N–H and O–H groups in total. The van der Waals surface area contributed by atoms with Crippen molar-refractivity contribution in [2.45, 2.75) is 37.3 Å². The molecule has 0 saturated carbocycles. The van der Waals surface area contributed by atoms with Gasteiger partial charge >= 0.3 is 5.97 Å². The zero-order chi connectivity index (χ0) is 15.1. The third-order valence-corrected chi connectivity index (χ3v) is 4.56. The fraction of sp³-hybridized carbons (Fsp3) is 0.429. The summed E-state index contributed by atoms with van der Waals surface area (Å²) >= 11 is 0. The second kappa shape index (κ2) is 4.86. The van der Waals surface area contributed by atoms with Crippen LogP contribution in [0.15, 0.2) is 23.1 Å². The minimum absolute atomic E-state index is 0.00649. The standard InChI is InChI=1S/C14H18NO4S/c1-14(2,3)19-13(16)12(15)10-4-5-11-9(8-10)6-7-20(11,17)18/h4-6,8,12H,7,15H2,1-3H3. The Morgan fingerprint density at radius 2 is 2.00 bits per heavy atom. The number of carbonyl (C=O) groups excluding carboxylic acids is 1. The van der Waals surface area contributed by atoms with Gasteiger partial charge in [0.25, 0.3) is 0 Å². The summed E-state index contributed by atoms with van der Waals surface area (Å²) in [5.41, 5.74) is 6.41. The van der Waals surface area contributed by atoms with E-state index in [1.165, 1.54) is 6.07 Å². The SMILES string of the molecule is CC(C)(C)OC(=O)C(N)c1ccc2c(c1)[CH]CS2(=O)=O. The van der Waals surface area contributed by atoms with Crippen LogP contribution in [0.3, 0.4) is 0 Å². The number of hydrogen-bond donors (Lipinski definition) is 1. The molecule has 1 heterocycles. The first-order valence-electron chi connectivity index (χ1n) is 6.28. The molecule has 1 aliphatic rings. The van der Waals surface area contributed by atoms with E-state index in [0.29, 0.717) is 11.1 Å². The number of carbonyl (C=O) groups is 1. The Morgan fingerprint density at radius 1 is 1.35 bits per heavy atom. The van der Waals surface area contributed by atoms with Crippen LogP contribution in [0.5, 0.6) is 0 Å². The van der Waals surface area contributed by atoms with Crippen molar-refractivity contribution >= 4 is 15.8 Å². The van der Waals surface area contributed by atoms with Gasteiger partial charge in [-0.15, -0.1) is 0 Å². The highest BCUT2D eigenvalue weighted by Crippen LogP contribution is 2.29. The number of esters is 1. The fourth-order valence-corrected chi connectivity index (χ4v) is 3.35. The van der Waals surface area contributed by atoms with Gasteiger partial charge in [0.15, 0.2) is 9.84 Å². The van der Waals surface area contributed by atoms with E-state index in [1.807, 2.05) is 0 Å². The van der Waals surface area contributed by atoms with Gasteiger partial charge in [-0.2, -0.15) is 0 Å². The zero-order valence-corrected chi connectivity index (χ0v) is 12.5. The Labute approximate surface area is 119 Å². The Bertz CT molecular complexity index is 644. The Morgan fingerprint density at radius 3 is 2.60 bits per heavy atom. The summed E-state index contributed by atoms with van der Waals surface area (Å²) in [6.45, 7) is 5.29. The van der Waals surface area contributed by atoms with Crippen molar-refractivity contribution in [1.29, 1.82) is 0 Å². The molecule has 2 rings (SSSR count). The summed E-state index contributed by atoms with van der Waals surface area (Å²) in [5.74, 6) is -0.536. The maximum atomic E-state index is 11.9. The van der Waals surface area contributed by atoms with E-state index in [9.17, 15) is 13.2 Å². The highest BCUT2D eigenvalue weighted by atomic mass is 32.2. The minimum atomic E-state index is -3.21. The van der Waals surface area contributed by atoms with Gasteiger partial charge < -0.3 is 10.5 Å². The van der Waals surface area contributed by atoms with Crippen molar-refractivity contribution < 1.29 is 17.9 Å². The molecule has 1 aromatic carbocycles. The van der Waals surface area contributed by atoms with Crippen LogP contribution in [-0.4, -0.2) is 25.7 Å². The van der Waals surface area contributed by atoms with Crippen LogP contribution in [0, 0.1) is 6.42 Å². The van der Waals surface area contributed by atoms with Gasteiger partial charge in [0.05, 0.1) is 10.6 Å². The van der Waals surface area contributed by atoms with Crippen molar-refractivity contribution in [3.8, 4) is 0 Å². The van der Waals surface area contributed by atoms with Gasteiger partial charge in [-0.25, -0.2) is 13.2 Å². The topological polar surface area (TPSA) is 86.5 Å². The van der Waals surface area contributed by atoms with E-state index in [1.54, 1.807) is 39.3 Å². The number of benzene rings is 1. The molecule has 0 aliphatic carbocycles. The van der Waals surface area contributed by atoms with Crippen LogP contribution in [-0.2, 0) is 19.4 Å². The lowest BCUT2D eigenvalue weighted by Gasteiger charge is -2.22. The number of nitrogens with two attached hydrogens (primary N) is 1. The van der Waals surface area contributed by atoms with E-state index in [4.69, 9.17) is 10.5 Å². The van der Waals surface area contributed by atoms with Gasteiger partial charge in [0, 0.05) is 6.42 Å². The number of fused-ring (bicyclic) bond motifs is 1. The van der Waals surface area contributed by atoms with E-state index in [2.05, 4.69) is 0 Å². The molecule has 1 radical (unpaired) electrons. The van der Waals surface area contributed by atoms with E-state index in [-0.39, 0.29) is 10.6 Å². The highest BCUT2D eigenvalue weighted by molar-refractivity contribution is 7.92. The zero-order valence-electron chi connectivity index (χ0n) is 11.7. The second-order valence-electron chi connectivity index (χ2n) is 5.79. The molecule has 6 heteroatoms. The first kappa shape index (κ1) is 15.0. The quantitative estimate of drug-likeness (QED) is 0.833. The largest absolute Gasteiger partial charge is 0.459 e. The molecule has 0 fully saturated rings. The summed E-state index contributed by atoms with van der Waals surface area (Å²) in [4.78, 5) is 12.2. The van der Waals surface area contributed by atoms with E-state index < -0.39 is 27.4 Å². The van der Waals surface area contributed by atoms with Gasteiger partial charge in [0.2, 0.25) is 0 Å². The summed E-state index contributed by atoms with van der Waals surface area (Å²) < 4.78 is 28.6. The van der Waals surface area contributed by atoms with Crippen molar-refractivity contribution in [3.63, 3.8) is 0 Å². The Hall–Kier alpha value is -1.40. The highest BCUT2D eigenvalue weighted by Gasteiger charge is 2.29. The average molecular weight is 296 g/mol. The molecule has 1 atom stereocenters. The molecule has 0 spiro atoms. The van der Waals surface area contributed by atoms with Crippen LogP contribution < -0.4 is 5.73 Å². The first-order valence-corrected chi connectivity index (χ1v) is 7.94. The van der Waals surface area contributed by atoms with E-state index >= 15 is 0 Å². The predicted molar refractivity (Wildman–Crippen MR) is 74.7 cm³/mol. The first-order chi connectivity index (χ1) is 9.10. The van der Waals surface area contributed by atoms with Crippen molar-refractivity contribution in [1.82, 2.24) is 0 Å². The van der Waals surface area contributed by atoms with Crippen LogP contribution in [0.25, 0.3) is 0 Å². The summed E-state index contributed by atoms with van der Waals surface area (Å²) in [6.07, 6.45) is 1.62. The van der Waals surface area contributed by atoms with Crippen molar-refractivity contribution in [2.75, 3.05) is 5.75 Å². The predicted octanol–water partition coefficient (Wildman–Crippen LogP) is 1.37. The van der Waals surface area contributed by atoms with E-state index in [0.717, 1.165) is 0 Å². The third kappa shape index (κ3) is 3.02. The van der Waals surface area contributed by atoms with Gasteiger partial charge in [0.1, 0.15) is 11.6 Å². The number of hydrogen-bond acceptors (Lipinski definition) is 5. The molecule has 1 aromatic rings. The maximum absolute atomic E-state index is 11.9. The summed E-state index contributed by atoms with van der Waals surface area (Å²) in [5, 5.41) is 0. The van der Waals surface area contributed by atoms with Gasteiger partial charge in [-0.3, -0.25) is 0 Å².